The van der Waals surface area contributed by atoms with Crippen molar-refractivity contribution < 1.29 is 30.8 Å². The van der Waals surface area contributed by atoms with Crippen molar-refractivity contribution in [2.24, 2.45) is 0 Å². The van der Waals surface area contributed by atoms with E-state index in [0.717, 1.165) is 45.5 Å². The van der Waals surface area contributed by atoms with Crippen molar-refractivity contribution in [2.45, 2.75) is 24.0 Å². The number of carbonyl (C=O) groups excluding carboxylic acids is 1. The number of nitrogens with zero attached hydrogens (tertiary/aromatic N) is 5. The number of hydrogen-bond acceptors (Lipinski definition) is 5. The van der Waals surface area contributed by atoms with Crippen molar-refractivity contribution in [2.75, 3.05) is 19.6 Å². The third-order valence-corrected chi connectivity index (χ3v) is 7.11. The summed E-state index contributed by atoms with van der Waals surface area (Å²) in [5, 5.41) is 3.92. The van der Waals surface area contributed by atoms with Gasteiger partial charge < -0.3 is 4.90 Å². The summed E-state index contributed by atoms with van der Waals surface area (Å²) in [6.07, 6.45) is -1.26. The fourth-order valence-electron chi connectivity index (χ4n) is 3.57. The highest BCUT2D eigenvalue weighted by Crippen LogP contribution is 2.30. The van der Waals surface area contributed by atoms with Gasteiger partial charge in [0.15, 0.2) is 11.5 Å². The lowest BCUT2D eigenvalue weighted by molar-refractivity contribution is -0.137. The van der Waals surface area contributed by atoms with Gasteiger partial charge in [-0.2, -0.15) is 22.6 Å². The maximum atomic E-state index is 13.3. The fourth-order valence-corrected chi connectivity index (χ4v) is 5.08. The molecule has 1 aromatic carbocycles. The summed E-state index contributed by atoms with van der Waals surface area (Å²) in [7, 11) is -4.04. The van der Waals surface area contributed by atoms with Crippen molar-refractivity contribution in [1.29, 1.82) is 0 Å². The van der Waals surface area contributed by atoms with E-state index in [0.29, 0.717) is 0 Å². The molecule has 1 amide bonds. The van der Waals surface area contributed by atoms with Crippen LogP contribution in [0.2, 0.25) is 0 Å². The highest BCUT2D eigenvalue weighted by molar-refractivity contribution is 7.89. The third kappa shape index (κ3) is 3.93. The molecule has 1 aliphatic rings. The average Bonchev–Trinajstić information content (AvgIpc) is 3.15. The maximum Gasteiger partial charge on any atom is 0.416 e. The first kappa shape index (κ1) is 22.1. The lowest BCUT2D eigenvalue weighted by Gasteiger charge is -2.39. The number of sulfonamides is 1. The van der Waals surface area contributed by atoms with Crippen molar-refractivity contribution >= 4 is 21.6 Å². The van der Waals surface area contributed by atoms with Gasteiger partial charge in [-0.15, -0.1) is 0 Å². The molecule has 0 N–H and O–H groups in total. The van der Waals surface area contributed by atoms with Gasteiger partial charge >= 0.3 is 6.18 Å². The Kier molecular flexibility index (Phi) is 5.41. The lowest BCUT2D eigenvalue weighted by atomic mass is 10.2. The number of rotatable bonds is 3. The highest BCUT2D eigenvalue weighted by atomic mass is 32.2. The highest BCUT2D eigenvalue weighted by Gasteiger charge is 2.36. The number of halogens is 4. The molecule has 8 nitrogen and oxygen atoms in total. The van der Waals surface area contributed by atoms with E-state index >= 15 is 0 Å². The Hall–Kier alpha value is -3.06. The van der Waals surface area contributed by atoms with Crippen LogP contribution in [0.3, 0.4) is 0 Å². The summed E-state index contributed by atoms with van der Waals surface area (Å²) in [6.45, 7) is 1.63. The third-order valence-electron chi connectivity index (χ3n) is 5.23. The monoisotopic (exact) mass is 471 g/mol. The lowest BCUT2D eigenvalue weighted by Crippen LogP contribution is -2.55. The molecule has 4 rings (SSSR count). The summed E-state index contributed by atoms with van der Waals surface area (Å²) in [4.78, 5) is 18.1. The molecule has 0 radical (unpaired) electrons. The van der Waals surface area contributed by atoms with E-state index in [1.54, 1.807) is 6.92 Å². The largest absolute Gasteiger partial charge is 0.416 e. The summed E-state index contributed by atoms with van der Waals surface area (Å²) in [5.41, 5.74) is -0.624. The predicted molar refractivity (Wildman–Crippen MR) is 104 cm³/mol. The molecule has 13 heteroatoms. The number of amides is 1. The SMILES string of the molecule is C[C@H]1CN(S(=O)(=O)c2ccc(C(F)(F)F)cc2)CCN1C(=O)c1cnn2cc(F)cnc12. The Morgan fingerprint density at radius 3 is 2.44 bits per heavy atom. The van der Waals surface area contributed by atoms with E-state index in [4.69, 9.17) is 0 Å². The van der Waals surface area contributed by atoms with Crippen molar-refractivity contribution in [3.63, 3.8) is 0 Å². The van der Waals surface area contributed by atoms with Crippen LogP contribution in [-0.2, 0) is 16.2 Å². The zero-order chi connectivity index (χ0) is 23.3. The molecule has 170 valence electrons. The van der Waals surface area contributed by atoms with Crippen LogP contribution in [0, 0.1) is 5.82 Å². The van der Waals surface area contributed by atoms with Crippen LogP contribution >= 0.6 is 0 Å². The van der Waals surface area contributed by atoms with E-state index in [9.17, 15) is 30.8 Å². The molecule has 3 heterocycles. The fraction of sp³-hybridized carbons (Fsp3) is 0.316. The van der Waals surface area contributed by atoms with E-state index in [2.05, 4.69) is 10.1 Å². The molecule has 1 saturated heterocycles. The zero-order valence-electron chi connectivity index (χ0n) is 16.6. The Morgan fingerprint density at radius 2 is 1.81 bits per heavy atom. The average molecular weight is 471 g/mol. The van der Waals surface area contributed by atoms with E-state index in [1.807, 2.05) is 0 Å². The minimum absolute atomic E-state index is 0.0410. The first-order valence-corrected chi connectivity index (χ1v) is 10.9. The van der Waals surface area contributed by atoms with Crippen LogP contribution in [-0.4, -0.2) is 63.8 Å². The minimum atomic E-state index is -4.57. The molecule has 1 aliphatic heterocycles. The van der Waals surface area contributed by atoms with Gasteiger partial charge in [-0.3, -0.25) is 4.79 Å². The molecule has 0 aliphatic carbocycles. The standard InChI is InChI=1S/C19H17F4N5O3S/c1-12-10-26(32(30,31)15-4-2-13(3-5-15)19(21,22)23)6-7-27(12)18(29)16-9-25-28-11-14(20)8-24-17(16)28/h2-5,8-9,11-12H,6-7,10H2,1H3/t12-/m0/s1. The number of alkyl halides is 3. The quantitative estimate of drug-likeness (QED) is 0.548. The molecule has 1 atom stereocenters. The topological polar surface area (TPSA) is 87.9 Å². The van der Waals surface area contributed by atoms with Crippen LogP contribution in [0.25, 0.3) is 5.65 Å². The molecule has 0 unspecified atom stereocenters. The molecule has 32 heavy (non-hydrogen) atoms. The Balaban J connectivity index is 1.51. The molecule has 0 saturated carbocycles. The molecule has 1 fully saturated rings. The second kappa shape index (κ2) is 7.81. The van der Waals surface area contributed by atoms with Crippen LogP contribution in [0.5, 0.6) is 0 Å². The van der Waals surface area contributed by atoms with Crippen LogP contribution < -0.4 is 0 Å². The number of carbonyl (C=O) groups is 1. The Morgan fingerprint density at radius 1 is 1.12 bits per heavy atom. The molecular formula is C19H17F4N5O3S. The second-order valence-electron chi connectivity index (χ2n) is 7.33. The first-order chi connectivity index (χ1) is 15.0. The van der Waals surface area contributed by atoms with E-state index < -0.39 is 39.5 Å². The predicted octanol–water partition coefficient (Wildman–Crippen LogP) is 2.42. The summed E-state index contributed by atoms with van der Waals surface area (Å²) >= 11 is 0. The van der Waals surface area contributed by atoms with Gasteiger partial charge in [0, 0.05) is 25.7 Å². The van der Waals surface area contributed by atoms with Gasteiger partial charge in [-0.25, -0.2) is 22.3 Å². The second-order valence-corrected chi connectivity index (χ2v) is 9.27. The number of aromatic nitrogens is 3. The Bertz CT molecular complexity index is 1270. The van der Waals surface area contributed by atoms with Gasteiger partial charge in [0.05, 0.1) is 29.0 Å². The molecule has 2 aromatic heterocycles. The van der Waals surface area contributed by atoms with Crippen LogP contribution in [0.4, 0.5) is 17.6 Å². The number of piperazine rings is 1. The normalized spacial score (nSPS) is 18.3. The van der Waals surface area contributed by atoms with Gasteiger partial charge in [-0.05, 0) is 31.2 Å². The number of hydrogen-bond donors (Lipinski definition) is 0. The summed E-state index contributed by atoms with van der Waals surface area (Å²) in [6, 6.07) is 2.75. The number of fused-ring (bicyclic) bond motifs is 1. The van der Waals surface area contributed by atoms with Gasteiger partial charge in [0.1, 0.15) is 5.56 Å². The van der Waals surface area contributed by atoms with Crippen LogP contribution in [0.1, 0.15) is 22.8 Å². The minimum Gasteiger partial charge on any atom is -0.333 e. The molecule has 0 bridgehead atoms. The van der Waals surface area contributed by atoms with Crippen LogP contribution in [0.15, 0.2) is 47.8 Å². The van der Waals surface area contributed by atoms with E-state index in [-0.39, 0.29) is 35.7 Å². The summed E-state index contributed by atoms with van der Waals surface area (Å²) < 4.78 is 79.6. The maximum absolute atomic E-state index is 13.3. The molecular weight excluding hydrogens is 454 g/mol. The van der Waals surface area contributed by atoms with Gasteiger partial charge in [0.25, 0.3) is 5.91 Å². The zero-order valence-corrected chi connectivity index (χ0v) is 17.4. The first-order valence-electron chi connectivity index (χ1n) is 9.46. The molecule has 3 aromatic rings. The van der Waals surface area contributed by atoms with Crippen molar-refractivity contribution in [3.05, 3.63) is 59.8 Å². The van der Waals surface area contributed by atoms with E-state index in [1.165, 1.54) is 11.1 Å². The summed E-state index contributed by atoms with van der Waals surface area (Å²) in [5.74, 6) is -1.05. The van der Waals surface area contributed by atoms with Gasteiger partial charge in [0.2, 0.25) is 10.0 Å². The van der Waals surface area contributed by atoms with Crippen molar-refractivity contribution in [3.8, 4) is 0 Å². The molecule has 0 spiro atoms. The van der Waals surface area contributed by atoms with Crippen molar-refractivity contribution in [1.82, 2.24) is 23.8 Å². The Labute approximate surface area is 180 Å². The smallest absolute Gasteiger partial charge is 0.333 e. The van der Waals surface area contributed by atoms with Gasteiger partial charge in [-0.1, -0.05) is 0 Å². The number of benzene rings is 1.